The van der Waals surface area contributed by atoms with E-state index in [2.05, 4.69) is 5.32 Å². The minimum Gasteiger partial charge on any atom is -0.354 e. The molecule has 1 N–H and O–H groups in total. The lowest BCUT2D eigenvalue weighted by Crippen LogP contribution is -2.17. The fourth-order valence-electron chi connectivity index (χ4n) is 0.137. The second-order valence-corrected chi connectivity index (χ2v) is 1.39. The number of rotatable bonds is 3. The summed E-state index contributed by atoms with van der Waals surface area (Å²) in [5.41, 5.74) is -1.47. The third-order valence-corrected chi connectivity index (χ3v) is 0.510. The molecule has 0 aliphatic carbocycles. The molecule has 7 heavy (non-hydrogen) atoms. The van der Waals surface area contributed by atoms with Crippen LogP contribution < -0.4 is 5.32 Å². The largest absolute Gasteiger partial charge is 0.354 e. The summed E-state index contributed by atoms with van der Waals surface area (Å²) in [6, 6.07) is 0. The third-order valence-electron chi connectivity index (χ3n) is 0.355. The van der Waals surface area contributed by atoms with Crippen molar-refractivity contribution in [1.82, 2.24) is 5.32 Å². The fraction of sp³-hybridized carbons (Fsp3) is 0.667. The van der Waals surface area contributed by atoms with Gasteiger partial charge in [0.05, 0.1) is 6.54 Å². The molecule has 1 unspecified atom stereocenters. The van der Waals surface area contributed by atoms with Gasteiger partial charge >= 0.3 is 0 Å². The van der Waals surface area contributed by atoms with Crippen molar-refractivity contribution in [2.75, 3.05) is 6.54 Å². The molecule has 1 atom stereocenters. The van der Waals surface area contributed by atoms with Crippen LogP contribution in [0, 0.1) is 0 Å². The molecule has 1 amide bonds. The Balaban J connectivity index is 2.81. The molecule has 0 spiro atoms. The van der Waals surface area contributed by atoms with Crippen molar-refractivity contribution < 1.29 is 9.18 Å². The Morgan fingerprint density at radius 1 is 2.00 bits per heavy atom. The van der Waals surface area contributed by atoms with Crippen molar-refractivity contribution in [1.29, 1.82) is 0 Å². The first-order valence-corrected chi connectivity index (χ1v) is 2.16. The molecule has 0 saturated carbocycles. The topological polar surface area (TPSA) is 29.1 Å². The number of nitrogens with one attached hydrogen (secondary N) is 1. The van der Waals surface area contributed by atoms with Crippen LogP contribution in [-0.4, -0.2) is 18.6 Å². The summed E-state index contributed by atoms with van der Waals surface area (Å²) in [5.74, 6) is 0. The van der Waals surface area contributed by atoms with Gasteiger partial charge in [0, 0.05) is 0 Å². The molecule has 0 bridgehead atoms. The van der Waals surface area contributed by atoms with E-state index in [1.54, 1.807) is 0 Å². The van der Waals surface area contributed by atoms with Gasteiger partial charge in [0.2, 0.25) is 6.41 Å². The van der Waals surface area contributed by atoms with Gasteiger partial charge in [-0.3, -0.25) is 4.79 Å². The van der Waals surface area contributed by atoms with Crippen molar-refractivity contribution in [2.24, 2.45) is 0 Å². The van der Waals surface area contributed by atoms with Gasteiger partial charge in [-0.25, -0.2) is 4.39 Å². The van der Waals surface area contributed by atoms with E-state index in [4.69, 9.17) is 11.6 Å². The SMILES string of the molecule is O=CNCC(F)Cl. The lowest BCUT2D eigenvalue weighted by Gasteiger charge is -1.93. The standard InChI is InChI=1S/C3H5ClFNO/c4-3(5)1-6-2-7/h2-3H,1H2,(H,6,7). The first-order valence-electron chi connectivity index (χ1n) is 1.72. The Labute approximate surface area is 45.6 Å². The van der Waals surface area contributed by atoms with E-state index in [0.717, 1.165) is 0 Å². The lowest BCUT2D eigenvalue weighted by molar-refractivity contribution is -0.109. The maximum absolute atomic E-state index is 11.4. The minimum absolute atomic E-state index is 0.120. The van der Waals surface area contributed by atoms with Crippen molar-refractivity contribution in [3.05, 3.63) is 0 Å². The molecule has 0 saturated heterocycles. The third kappa shape index (κ3) is 5.69. The molecule has 2 nitrogen and oxygen atoms in total. The summed E-state index contributed by atoms with van der Waals surface area (Å²) < 4.78 is 11.4. The van der Waals surface area contributed by atoms with Crippen molar-refractivity contribution in [2.45, 2.75) is 5.63 Å². The maximum atomic E-state index is 11.4. The summed E-state index contributed by atoms with van der Waals surface area (Å²) in [5, 5.41) is 2.06. The molecule has 0 aliphatic heterocycles. The monoisotopic (exact) mass is 125 g/mol. The van der Waals surface area contributed by atoms with Crippen molar-refractivity contribution in [3.8, 4) is 0 Å². The highest BCUT2D eigenvalue weighted by molar-refractivity contribution is 6.19. The Morgan fingerprint density at radius 3 is 2.71 bits per heavy atom. The Hall–Kier alpha value is -0.310. The zero-order chi connectivity index (χ0) is 5.70. The molecular formula is C3H5ClFNO. The summed E-state index contributed by atoms with van der Waals surface area (Å²) >= 11 is 4.77. The minimum atomic E-state index is -1.47. The van der Waals surface area contributed by atoms with Gasteiger partial charge < -0.3 is 5.32 Å². The number of halogens is 2. The second-order valence-electron chi connectivity index (χ2n) is 0.917. The average molecular weight is 126 g/mol. The predicted molar refractivity (Wildman–Crippen MR) is 24.8 cm³/mol. The number of alkyl halides is 2. The fourth-order valence-corrected chi connectivity index (χ4v) is 0.226. The van der Waals surface area contributed by atoms with E-state index in [1.807, 2.05) is 0 Å². The molecule has 0 radical (unpaired) electrons. The van der Waals surface area contributed by atoms with Crippen LogP contribution in [-0.2, 0) is 4.79 Å². The summed E-state index contributed by atoms with van der Waals surface area (Å²) in [4.78, 5) is 9.37. The Kier molecular flexibility index (Phi) is 3.69. The zero-order valence-corrected chi connectivity index (χ0v) is 4.28. The van der Waals surface area contributed by atoms with Gasteiger partial charge in [-0.1, -0.05) is 11.6 Å². The van der Waals surface area contributed by atoms with Crippen LogP contribution in [0.3, 0.4) is 0 Å². The van der Waals surface area contributed by atoms with Gasteiger partial charge in [0.1, 0.15) is 0 Å². The van der Waals surface area contributed by atoms with Crippen LogP contribution in [0.2, 0.25) is 0 Å². The molecule has 0 aromatic carbocycles. The van der Waals surface area contributed by atoms with Crippen LogP contribution in [0.5, 0.6) is 0 Å². The van der Waals surface area contributed by atoms with Crippen LogP contribution in [0.25, 0.3) is 0 Å². The highest BCUT2D eigenvalue weighted by Crippen LogP contribution is 1.91. The van der Waals surface area contributed by atoms with Crippen molar-refractivity contribution in [3.63, 3.8) is 0 Å². The van der Waals surface area contributed by atoms with Crippen LogP contribution >= 0.6 is 11.6 Å². The molecule has 0 aromatic heterocycles. The van der Waals surface area contributed by atoms with Crippen LogP contribution in [0.4, 0.5) is 4.39 Å². The van der Waals surface area contributed by atoms with E-state index >= 15 is 0 Å². The van der Waals surface area contributed by atoms with E-state index in [-0.39, 0.29) is 6.54 Å². The normalized spacial score (nSPS) is 12.9. The predicted octanol–water partition coefficient (Wildman–Crippen LogP) is 0.267. The van der Waals surface area contributed by atoms with Gasteiger partial charge in [0.15, 0.2) is 5.63 Å². The summed E-state index contributed by atoms with van der Waals surface area (Å²) in [7, 11) is 0. The second kappa shape index (κ2) is 3.87. The number of hydrogen-bond acceptors (Lipinski definition) is 1. The first-order chi connectivity index (χ1) is 3.27. The molecule has 0 rings (SSSR count). The van der Waals surface area contributed by atoms with E-state index in [1.165, 1.54) is 0 Å². The highest BCUT2D eigenvalue weighted by Gasteiger charge is 1.94. The molecular weight excluding hydrogens is 120 g/mol. The molecule has 42 valence electrons. The average Bonchev–Trinajstić information content (AvgIpc) is 1.61. The Bertz CT molecular complexity index is 58.9. The zero-order valence-electron chi connectivity index (χ0n) is 3.53. The highest BCUT2D eigenvalue weighted by atomic mass is 35.5. The van der Waals surface area contributed by atoms with Gasteiger partial charge in [-0.15, -0.1) is 0 Å². The number of carbonyl (C=O) groups excluding carboxylic acids is 1. The smallest absolute Gasteiger partial charge is 0.207 e. The molecule has 0 aliphatic rings. The lowest BCUT2D eigenvalue weighted by atomic mass is 10.7. The Morgan fingerprint density at radius 2 is 2.57 bits per heavy atom. The summed E-state index contributed by atoms with van der Waals surface area (Å²) in [6.45, 7) is -0.120. The quantitative estimate of drug-likeness (QED) is 0.426. The van der Waals surface area contributed by atoms with Crippen LogP contribution in [0.1, 0.15) is 0 Å². The summed E-state index contributed by atoms with van der Waals surface area (Å²) in [6.07, 6.45) is 0.398. The van der Waals surface area contributed by atoms with Gasteiger partial charge in [-0.2, -0.15) is 0 Å². The molecule has 0 aromatic rings. The molecule has 4 heteroatoms. The van der Waals surface area contributed by atoms with E-state index < -0.39 is 5.63 Å². The first kappa shape index (κ1) is 6.69. The maximum Gasteiger partial charge on any atom is 0.207 e. The number of carbonyl (C=O) groups is 1. The number of amides is 1. The van der Waals surface area contributed by atoms with Crippen molar-refractivity contribution >= 4 is 18.0 Å². The molecule has 0 heterocycles. The number of hydrogen-bond donors (Lipinski definition) is 1. The van der Waals surface area contributed by atoms with E-state index in [0.29, 0.717) is 6.41 Å². The molecule has 0 fully saturated rings. The van der Waals surface area contributed by atoms with Crippen LogP contribution in [0.15, 0.2) is 0 Å². The van der Waals surface area contributed by atoms with Gasteiger partial charge in [-0.05, 0) is 0 Å². The van der Waals surface area contributed by atoms with E-state index in [9.17, 15) is 9.18 Å². The van der Waals surface area contributed by atoms with Gasteiger partial charge in [0.25, 0.3) is 0 Å².